The van der Waals surface area contributed by atoms with Crippen LogP contribution < -0.4 is 10.6 Å². The first kappa shape index (κ1) is 15.3. The lowest BCUT2D eigenvalue weighted by atomic mass is 9.93. The van der Waals surface area contributed by atoms with Gasteiger partial charge < -0.3 is 15.7 Å². The summed E-state index contributed by atoms with van der Waals surface area (Å²) in [7, 11) is 0. The highest BCUT2D eigenvalue weighted by molar-refractivity contribution is 5.74. The summed E-state index contributed by atoms with van der Waals surface area (Å²) in [6.07, 6.45) is 2.58. The second-order valence-electron chi connectivity index (χ2n) is 5.25. The molecule has 112 valence electrons. The average Bonchev–Trinajstić information content (AvgIpc) is 2.49. The van der Waals surface area contributed by atoms with Crippen molar-refractivity contribution in [1.29, 1.82) is 5.26 Å². The summed E-state index contributed by atoms with van der Waals surface area (Å²) in [4.78, 5) is 11.8. The number of nitriles is 1. The highest BCUT2D eigenvalue weighted by atomic mass is 19.1. The lowest BCUT2D eigenvalue weighted by Crippen LogP contribution is -2.44. The van der Waals surface area contributed by atoms with Gasteiger partial charge in [-0.15, -0.1) is 0 Å². The maximum Gasteiger partial charge on any atom is 0.315 e. The summed E-state index contributed by atoms with van der Waals surface area (Å²) in [5.41, 5.74) is 0.637. The van der Waals surface area contributed by atoms with Crippen LogP contribution >= 0.6 is 0 Å². The van der Waals surface area contributed by atoms with Gasteiger partial charge in [0.05, 0.1) is 17.7 Å². The van der Waals surface area contributed by atoms with E-state index in [1.807, 2.05) is 6.07 Å². The van der Waals surface area contributed by atoms with Gasteiger partial charge in [-0.3, -0.25) is 0 Å². The summed E-state index contributed by atoms with van der Waals surface area (Å²) in [5.74, 6) is -0.449. The van der Waals surface area contributed by atoms with Gasteiger partial charge in [-0.25, -0.2) is 9.18 Å². The Kier molecular flexibility index (Phi) is 5.12. The molecule has 1 aromatic rings. The van der Waals surface area contributed by atoms with E-state index in [2.05, 4.69) is 10.6 Å². The second kappa shape index (κ2) is 7.04. The number of hydrogen-bond donors (Lipinski definition) is 3. The Balaban J connectivity index is 1.83. The Labute approximate surface area is 122 Å². The maximum absolute atomic E-state index is 13.5. The van der Waals surface area contributed by atoms with Crippen molar-refractivity contribution in [1.82, 2.24) is 10.6 Å². The number of urea groups is 1. The summed E-state index contributed by atoms with van der Waals surface area (Å²) in [6, 6.07) is 5.65. The number of carbonyl (C=O) groups is 1. The van der Waals surface area contributed by atoms with Gasteiger partial charge in [0.1, 0.15) is 5.82 Å². The number of hydrogen-bond acceptors (Lipinski definition) is 3. The molecule has 21 heavy (non-hydrogen) atoms. The van der Waals surface area contributed by atoms with Gasteiger partial charge in [0, 0.05) is 18.2 Å². The molecule has 0 bridgehead atoms. The molecule has 6 heteroatoms. The molecule has 0 aromatic heterocycles. The molecule has 1 aliphatic rings. The van der Waals surface area contributed by atoms with Crippen LogP contribution in [0.5, 0.6) is 0 Å². The fourth-order valence-electron chi connectivity index (χ4n) is 2.41. The number of aliphatic hydroxyl groups excluding tert-OH is 1. The monoisotopic (exact) mass is 291 g/mol. The molecule has 0 atom stereocenters. The van der Waals surface area contributed by atoms with E-state index in [0.717, 1.165) is 12.8 Å². The molecule has 0 spiro atoms. The Bertz CT molecular complexity index is 548. The lowest BCUT2D eigenvalue weighted by molar-refractivity contribution is 0.117. The lowest BCUT2D eigenvalue weighted by Gasteiger charge is -2.26. The number of halogens is 1. The molecule has 0 unspecified atom stereocenters. The van der Waals surface area contributed by atoms with E-state index in [-0.39, 0.29) is 30.3 Å². The number of carbonyl (C=O) groups excluding carboxylic acids is 1. The number of nitrogens with one attached hydrogen (secondary N) is 2. The molecule has 1 aliphatic carbocycles. The normalized spacial score (nSPS) is 21.4. The highest BCUT2D eigenvalue weighted by Crippen LogP contribution is 2.18. The standard InChI is InChI=1S/C15H18FN3O2/c16-14-6-1-10(8-17)7-11(14)9-18-15(21)19-12-2-4-13(20)5-3-12/h1,6-7,12-13,20H,2-5,9H2,(H2,18,19,21). The Morgan fingerprint density at radius 2 is 2.10 bits per heavy atom. The zero-order valence-corrected chi connectivity index (χ0v) is 11.6. The number of nitrogens with zero attached hydrogens (tertiary/aromatic N) is 1. The Hall–Kier alpha value is -2.13. The van der Waals surface area contributed by atoms with Crippen molar-refractivity contribution < 1.29 is 14.3 Å². The molecular weight excluding hydrogens is 273 g/mol. The molecule has 0 heterocycles. The van der Waals surface area contributed by atoms with Gasteiger partial charge in [-0.1, -0.05) is 0 Å². The number of amides is 2. The van der Waals surface area contributed by atoms with Crippen LogP contribution in [0, 0.1) is 17.1 Å². The molecular formula is C15H18FN3O2. The van der Waals surface area contributed by atoms with Gasteiger partial charge in [0.2, 0.25) is 0 Å². The predicted molar refractivity (Wildman–Crippen MR) is 74.7 cm³/mol. The van der Waals surface area contributed by atoms with Crippen molar-refractivity contribution in [2.75, 3.05) is 0 Å². The predicted octanol–water partition coefficient (Wildman–Crippen LogP) is 1.80. The minimum absolute atomic E-state index is 0.0303. The summed E-state index contributed by atoms with van der Waals surface area (Å²) < 4.78 is 13.5. The number of benzene rings is 1. The average molecular weight is 291 g/mol. The van der Waals surface area contributed by atoms with Gasteiger partial charge in [-0.2, -0.15) is 5.26 Å². The smallest absolute Gasteiger partial charge is 0.315 e. The van der Waals surface area contributed by atoms with Gasteiger partial charge >= 0.3 is 6.03 Å². The van der Waals surface area contributed by atoms with E-state index in [9.17, 15) is 14.3 Å². The zero-order valence-electron chi connectivity index (χ0n) is 11.6. The van der Waals surface area contributed by atoms with Crippen LogP contribution in [0.25, 0.3) is 0 Å². The van der Waals surface area contributed by atoms with Crippen LogP contribution in [0.4, 0.5) is 9.18 Å². The van der Waals surface area contributed by atoms with E-state index in [0.29, 0.717) is 18.4 Å². The quantitative estimate of drug-likeness (QED) is 0.794. The molecule has 1 fully saturated rings. The first-order chi connectivity index (χ1) is 10.1. The van der Waals surface area contributed by atoms with E-state index < -0.39 is 5.82 Å². The molecule has 2 amide bonds. The minimum Gasteiger partial charge on any atom is -0.393 e. The van der Waals surface area contributed by atoms with Crippen molar-refractivity contribution >= 4 is 6.03 Å². The van der Waals surface area contributed by atoms with E-state index in [4.69, 9.17) is 5.26 Å². The Morgan fingerprint density at radius 1 is 1.38 bits per heavy atom. The maximum atomic E-state index is 13.5. The first-order valence-electron chi connectivity index (χ1n) is 6.99. The van der Waals surface area contributed by atoms with Crippen molar-refractivity contribution in [2.45, 2.75) is 44.4 Å². The van der Waals surface area contributed by atoms with Crippen LogP contribution in [0.1, 0.15) is 36.8 Å². The SMILES string of the molecule is N#Cc1ccc(F)c(CNC(=O)NC2CCC(O)CC2)c1. The van der Waals surface area contributed by atoms with E-state index >= 15 is 0 Å². The molecule has 3 N–H and O–H groups in total. The number of rotatable bonds is 3. The van der Waals surface area contributed by atoms with Crippen LogP contribution in [-0.2, 0) is 6.54 Å². The minimum atomic E-state index is -0.449. The van der Waals surface area contributed by atoms with Crippen LogP contribution in [0.3, 0.4) is 0 Å². The van der Waals surface area contributed by atoms with Crippen molar-refractivity contribution in [3.05, 3.63) is 35.1 Å². The fourth-order valence-corrected chi connectivity index (χ4v) is 2.41. The highest BCUT2D eigenvalue weighted by Gasteiger charge is 2.20. The zero-order chi connectivity index (χ0) is 15.2. The topological polar surface area (TPSA) is 85.2 Å². The molecule has 1 saturated carbocycles. The van der Waals surface area contributed by atoms with E-state index in [1.54, 1.807) is 0 Å². The van der Waals surface area contributed by atoms with Crippen molar-refractivity contribution in [2.24, 2.45) is 0 Å². The van der Waals surface area contributed by atoms with Crippen molar-refractivity contribution in [3.63, 3.8) is 0 Å². The third kappa shape index (κ3) is 4.43. The first-order valence-corrected chi connectivity index (χ1v) is 6.99. The molecule has 0 saturated heterocycles. The second-order valence-corrected chi connectivity index (χ2v) is 5.25. The van der Waals surface area contributed by atoms with Gasteiger partial charge in [0.25, 0.3) is 0 Å². The van der Waals surface area contributed by atoms with Gasteiger partial charge in [0.15, 0.2) is 0 Å². The molecule has 0 radical (unpaired) electrons. The summed E-state index contributed by atoms with van der Waals surface area (Å²) in [6.45, 7) is 0.0303. The van der Waals surface area contributed by atoms with Crippen LogP contribution in [0.2, 0.25) is 0 Å². The molecule has 2 rings (SSSR count). The van der Waals surface area contributed by atoms with Crippen LogP contribution in [0.15, 0.2) is 18.2 Å². The molecule has 5 nitrogen and oxygen atoms in total. The third-order valence-electron chi connectivity index (χ3n) is 3.65. The third-order valence-corrected chi connectivity index (χ3v) is 3.65. The van der Waals surface area contributed by atoms with Crippen LogP contribution in [-0.4, -0.2) is 23.3 Å². The van der Waals surface area contributed by atoms with E-state index in [1.165, 1.54) is 18.2 Å². The largest absolute Gasteiger partial charge is 0.393 e. The Morgan fingerprint density at radius 3 is 2.76 bits per heavy atom. The number of aliphatic hydroxyl groups is 1. The summed E-state index contributed by atoms with van der Waals surface area (Å²) in [5, 5.41) is 23.6. The van der Waals surface area contributed by atoms with Gasteiger partial charge in [-0.05, 0) is 43.9 Å². The molecule has 0 aliphatic heterocycles. The van der Waals surface area contributed by atoms with Crippen molar-refractivity contribution in [3.8, 4) is 6.07 Å². The fraction of sp³-hybridized carbons (Fsp3) is 0.467. The summed E-state index contributed by atoms with van der Waals surface area (Å²) >= 11 is 0. The molecule has 1 aromatic carbocycles.